The molecule has 0 saturated heterocycles. The van der Waals surface area contributed by atoms with E-state index in [4.69, 9.17) is 14.6 Å². The molecule has 1 heterocycles. The van der Waals surface area contributed by atoms with Crippen LogP contribution in [0.3, 0.4) is 0 Å². The minimum atomic E-state index is -1.30. The molecule has 12 heteroatoms. The summed E-state index contributed by atoms with van der Waals surface area (Å²) < 4.78 is 12.1. The maximum atomic E-state index is 13.2. The Kier molecular flexibility index (Phi) is 7.61. The second kappa shape index (κ2) is 10.4. The van der Waals surface area contributed by atoms with E-state index >= 15 is 0 Å². The van der Waals surface area contributed by atoms with Gasteiger partial charge in [-0.05, 0) is 30.7 Å². The average Bonchev–Trinajstić information content (AvgIpc) is 2.81. The van der Waals surface area contributed by atoms with E-state index in [0.29, 0.717) is 27.6 Å². The Hall–Kier alpha value is -3.80. The minimum absolute atomic E-state index is 0.0491. The fourth-order valence-electron chi connectivity index (χ4n) is 3.15. The molecule has 0 aliphatic heterocycles. The van der Waals surface area contributed by atoms with Gasteiger partial charge >= 0.3 is 11.7 Å². The van der Waals surface area contributed by atoms with Crippen LogP contribution >= 0.6 is 15.9 Å². The van der Waals surface area contributed by atoms with Crippen LogP contribution in [0, 0.1) is 10.1 Å². The van der Waals surface area contributed by atoms with Crippen LogP contribution in [0.5, 0.6) is 11.5 Å². The van der Waals surface area contributed by atoms with E-state index in [1.165, 1.54) is 24.1 Å². The van der Waals surface area contributed by atoms with Crippen molar-refractivity contribution in [2.45, 2.75) is 26.2 Å². The van der Waals surface area contributed by atoms with E-state index in [0.717, 1.165) is 6.07 Å². The summed E-state index contributed by atoms with van der Waals surface area (Å²) in [7, 11) is 1.27. The largest absolute Gasteiger partial charge is 0.493 e. The highest BCUT2D eigenvalue weighted by molar-refractivity contribution is 9.10. The Morgan fingerprint density at radius 2 is 2.12 bits per heavy atom. The number of carbonyl (C=O) groups is 1. The molecule has 0 amide bonds. The van der Waals surface area contributed by atoms with Gasteiger partial charge in [0.2, 0.25) is 5.75 Å². The number of aliphatic carboxylic acids is 1. The van der Waals surface area contributed by atoms with Crippen molar-refractivity contribution in [1.82, 2.24) is 9.66 Å². The van der Waals surface area contributed by atoms with Crippen LogP contribution in [-0.2, 0) is 4.79 Å². The molecule has 1 aromatic heterocycles. The third kappa shape index (κ3) is 5.22. The van der Waals surface area contributed by atoms with Crippen LogP contribution in [0.15, 0.2) is 44.7 Å². The highest BCUT2D eigenvalue weighted by Crippen LogP contribution is 2.38. The van der Waals surface area contributed by atoms with Crippen molar-refractivity contribution in [3.63, 3.8) is 0 Å². The molecule has 0 unspecified atom stereocenters. The van der Waals surface area contributed by atoms with Gasteiger partial charge in [-0.2, -0.15) is 9.78 Å². The smallest absolute Gasteiger partial charge is 0.341 e. The zero-order chi connectivity index (χ0) is 25.0. The molecular weight excluding hydrogens is 512 g/mol. The number of rotatable bonds is 9. The Morgan fingerprint density at radius 3 is 2.74 bits per heavy atom. The fourth-order valence-corrected chi connectivity index (χ4v) is 3.51. The van der Waals surface area contributed by atoms with Gasteiger partial charge in [-0.25, -0.2) is 9.78 Å². The molecule has 0 aliphatic rings. The second-order valence-corrected chi connectivity index (χ2v) is 8.23. The van der Waals surface area contributed by atoms with E-state index in [1.807, 2.05) is 13.8 Å². The molecule has 0 bridgehead atoms. The number of nitro groups is 1. The summed E-state index contributed by atoms with van der Waals surface area (Å²) in [5, 5.41) is 25.1. The Morgan fingerprint density at radius 1 is 1.38 bits per heavy atom. The zero-order valence-corrected chi connectivity index (χ0v) is 20.1. The van der Waals surface area contributed by atoms with Gasteiger partial charge in [0.25, 0.3) is 5.56 Å². The first-order chi connectivity index (χ1) is 16.2. The van der Waals surface area contributed by atoms with Crippen molar-refractivity contribution in [3.8, 4) is 11.5 Å². The summed E-state index contributed by atoms with van der Waals surface area (Å²) in [4.78, 5) is 39.5. The van der Waals surface area contributed by atoms with Crippen molar-refractivity contribution < 1.29 is 24.3 Å². The monoisotopic (exact) mass is 532 g/mol. The zero-order valence-electron chi connectivity index (χ0n) is 18.5. The van der Waals surface area contributed by atoms with Crippen LogP contribution in [0.4, 0.5) is 5.69 Å². The number of carboxylic acid groups (broad SMARTS) is 1. The van der Waals surface area contributed by atoms with Crippen LogP contribution in [0.25, 0.3) is 10.9 Å². The third-order valence-electron chi connectivity index (χ3n) is 5.02. The molecule has 0 fully saturated rings. The van der Waals surface area contributed by atoms with E-state index in [1.54, 1.807) is 18.2 Å². The van der Waals surface area contributed by atoms with Gasteiger partial charge in [0, 0.05) is 22.0 Å². The Bertz CT molecular complexity index is 1350. The summed E-state index contributed by atoms with van der Waals surface area (Å²) in [6.45, 7) is 3.10. The number of hydrogen-bond donors (Lipinski definition) is 1. The number of nitrogens with zero attached hydrogens (tertiary/aromatic N) is 4. The maximum Gasteiger partial charge on any atom is 0.341 e. The first kappa shape index (κ1) is 24.8. The topological polar surface area (TPSA) is 146 Å². The van der Waals surface area contributed by atoms with Crippen molar-refractivity contribution >= 4 is 44.7 Å². The maximum absolute atomic E-state index is 13.2. The lowest BCUT2D eigenvalue weighted by Gasteiger charge is -2.14. The molecule has 3 aromatic rings. The molecule has 1 atom stereocenters. The third-order valence-corrected chi connectivity index (χ3v) is 5.52. The number of ether oxygens (including phenoxy) is 2. The molecule has 34 heavy (non-hydrogen) atoms. The molecule has 0 aliphatic carbocycles. The van der Waals surface area contributed by atoms with Gasteiger partial charge in [0.15, 0.2) is 12.4 Å². The molecule has 1 N–H and O–H groups in total. The van der Waals surface area contributed by atoms with Gasteiger partial charge in [-0.15, -0.1) is 0 Å². The molecular formula is C22H21BrN4O7. The highest BCUT2D eigenvalue weighted by atomic mass is 79.9. The van der Waals surface area contributed by atoms with E-state index in [-0.39, 0.29) is 28.5 Å². The fraction of sp³-hybridized carbons (Fsp3) is 0.273. The van der Waals surface area contributed by atoms with Gasteiger partial charge in [0.05, 0.1) is 29.2 Å². The average molecular weight is 533 g/mol. The number of benzene rings is 2. The van der Waals surface area contributed by atoms with Crippen molar-refractivity contribution in [3.05, 3.63) is 66.7 Å². The molecule has 3 rings (SSSR count). The number of fused-ring (bicyclic) bond motifs is 1. The minimum Gasteiger partial charge on any atom is -0.493 e. The van der Waals surface area contributed by atoms with Gasteiger partial charge in [0.1, 0.15) is 5.82 Å². The van der Waals surface area contributed by atoms with Crippen molar-refractivity contribution in [1.29, 1.82) is 0 Å². The number of halogens is 1. The molecule has 0 radical (unpaired) electrons. The summed E-state index contributed by atoms with van der Waals surface area (Å²) in [6, 6.07) is 7.74. The van der Waals surface area contributed by atoms with Gasteiger partial charge < -0.3 is 14.6 Å². The van der Waals surface area contributed by atoms with E-state index < -0.39 is 23.2 Å². The van der Waals surface area contributed by atoms with E-state index in [9.17, 15) is 19.7 Å². The number of hydrogen-bond acceptors (Lipinski definition) is 8. The SMILES string of the molecule is CC[C@H](C)c1nc2ccc(Br)cc2c(=O)n1N=Cc1cc(OC)c(OCC(=O)O)c([N+](=O)[O-])c1. The first-order valence-corrected chi connectivity index (χ1v) is 10.9. The molecule has 0 spiro atoms. The summed E-state index contributed by atoms with van der Waals surface area (Å²) in [6.07, 6.45) is 1.98. The molecule has 0 saturated carbocycles. The van der Waals surface area contributed by atoms with Crippen LogP contribution in [-0.4, -0.2) is 45.6 Å². The van der Waals surface area contributed by atoms with Gasteiger partial charge in [-0.3, -0.25) is 14.9 Å². The van der Waals surface area contributed by atoms with Gasteiger partial charge in [-0.1, -0.05) is 29.8 Å². The summed E-state index contributed by atoms with van der Waals surface area (Å²) in [5.74, 6) is -1.31. The molecule has 178 valence electrons. The Balaban J connectivity index is 2.16. The lowest BCUT2D eigenvalue weighted by molar-refractivity contribution is -0.385. The lowest BCUT2D eigenvalue weighted by Crippen LogP contribution is -2.23. The molecule has 11 nitrogen and oxygen atoms in total. The number of methoxy groups -OCH3 is 1. The number of aromatic nitrogens is 2. The summed E-state index contributed by atoms with van der Waals surface area (Å²) >= 11 is 3.35. The lowest BCUT2D eigenvalue weighted by atomic mass is 10.1. The standard InChI is InChI=1S/C22H21BrN4O7/c1-4-12(2)21-25-16-6-5-14(23)9-15(16)22(30)26(21)24-10-13-7-17(27(31)32)20(18(8-13)33-3)34-11-19(28)29/h5-10,12H,4,11H2,1-3H3,(H,28,29)/t12-/m0/s1. The van der Waals surface area contributed by atoms with Crippen LogP contribution < -0.4 is 15.0 Å². The second-order valence-electron chi connectivity index (χ2n) is 7.31. The predicted molar refractivity (Wildman–Crippen MR) is 128 cm³/mol. The number of carboxylic acids is 1. The predicted octanol–water partition coefficient (Wildman–Crippen LogP) is 3.93. The summed E-state index contributed by atoms with van der Waals surface area (Å²) in [5.41, 5.74) is -0.118. The highest BCUT2D eigenvalue weighted by Gasteiger charge is 2.23. The van der Waals surface area contributed by atoms with E-state index in [2.05, 4.69) is 26.0 Å². The van der Waals surface area contributed by atoms with Crippen molar-refractivity contribution in [2.75, 3.05) is 13.7 Å². The molecule has 2 aromatic carbocycles. The quantitative estimate of drug-likeness (QED) is 0.247. The first-order valence-electron chi connectivity index (χ1n) is 10.1. The number of nitro benzene ring substituents is 1. The van der Waals surface area contributed by atoms with Crippen LogP contribution in [0.2, 0.25) is 0 Å². The normalized spacial score (nSPS) is 12.1. The Labute approximate surface area is 201 Å². The van der Waals surface area contributed by atoms with Crippen LogP contribution in [0.1, 0.15) is 37.6 Å². The van der Waals surface area contributed by atoms with Crippen molar-refractivity contribution in [2.24, 2.45) is 5.10 Å².